The smallest absolute Gasteiger partial charge is 0.272 e. The van der Waals surface area contributed by atoms with Crippen molar-refractivity contribution < 1.29 is 9.59 Å². The largest absolute Gasteiger partial charge is 0.369 e. The number of carbonyl (C=O) groups is 2. The molecule has 6 nitrogen and oxygen atoms in total. The van der Waals surface area contributed by atoms with E-state index in [9.17, 15) is 9.59 Å². The van der Waals surface area contributed by atoms with Crippen molar-refractivity contribution in [3.8, 4) is 0 Å². The number of piperidine rings is 1. The second kappa shape index (κ2) is 6.78. The monoisotopic (exact) mass is 350 g/mol. The van der Waals surface area contributed by atoms with Crippen LogP contribution in [0.1, 0.15) is 28.9 Å². The Morgan fingerprint density at radius 1 is 1.00 bits per heavy atom. The van der Waals surface area contributed by atoms with E-state index in [0.29, 0.717) is 31.6 Å². The van der Waals surface area contributed by atoms with Gasteiger partial charge in [0, 0.05) is 31.2 Å². The maximum Gasteiger partial charge on any atom is 0.272 e. The van der Waals surface area contributed by atoms with Crippen molar-refractivity contribution in [1.29, 1.82) is 0 Å². The van der Waals surface area contributed by atoms with E-state index in [1.807, 2.05) is 24.3 Å². The SMILES string of the molecule is NC(=O)C1CCN(C(=O)c2cccc(N3CCc4ccccc43)n2)CC1. The minimum atomic E-state index is -0.273. The van der Waals surface area contributed by atoms with Crippen LogP contribution in [-0.4, -0.2) is 41.3 Å². The van der Waals surface area contributed by atoms with Crippen molar-refractivity contribution in [2.75, 3.05) is 24.5 Å². The summed E-state index contributed by atoms with van der Waals surface area (Å²) in [6.07, 6.45) is 2.23. The lowest BCUT2D eigenvalue weighted by Gasteiger charge is -2.30. The second-order valence-electron chi connectivity index (χ2n) is 6.88. The Morgan fingerprint density at radius 2 is 1.77 bits per heavy atom. The summed E-state index contributed by atoms with van der Waals surface area (Å²) in [7, 11) is 0. The van der Waals surface area contributed by atoms with Crippen molar-refractivity contribution in [3.05, 3.63) is 53.7 Å². The van der Waals surface area contributed by atoms with Gasteiger partial charge in [-0.15, -0.1) is 0 Å². The molecule has 134 valence electrons. The van der Waals surface area contributed by atoms with E-state index in [-0.39, 0.29) is 17.7 Å². The summed E-state index contributed by atoms with van der Waals surface area (Å²) >= 11 is 0. The van der Waals surface area contributed by atoms with Crippen LogP contribution in [0.25, 0.3) is 0 Å². The van der Waals surface area contributed by atoms with Crippen molar-refractivity contribution in [3.63, 3.8) is 0 Å². The number of hydrogen-bond acceptors (Lipinski definition) is 4. The minimum absolute atomic E-state index is 0.0812. The van der Waals surface area contributed by atoms with E-state index in [4.69, 9.17) is 5.73 Å². The fourth-order valence-electron chi connectivity index (χ4n) is 3.80. The predicted molar refractivity (Wildman–Crippen MR) is 99.2 cm³/mol. The van der Waals surface area contributed by atoms with Gasteiger partial charge >= 0.3 is 0 Å². The second-order valence-corrected chi connectivity index (χ2v) is 6.88. The lowest BCUT2D eigenvalue weighted by Crippen LogP contribution is -2.42. The highest BCUT2D eigenvalue weighted by Crippen LogP contribution is 2.33. The van der Waals surface area contributed by atoms with Gasteiger partial charge in [-0.05, 0) is 43.0 Å². The molecule has 2 amide bonds. The molecule has 4 rings (SSSR count). The summed E-state index contributed by atoms with van der Waals surface area (Å²) in [5, 5.41) is 0. The number of benzene rings is 1. The Balaban J connectivity index is 1.52. The summed E-state index contributed by atoms with van der Waals surface area (Å²) in [5.41, 5.74) is 8.28. The van der Waals surface area contributed by atoms with E-state index >= 15 is 0 Å². The molecule has 2 aromatic rings. The first-order chi connectivity index (χ1) is 12.6. The minimum Gasteiger partial charge on any atom is -0.369 e. The molecule has 26 heavy (non-hydrogen) atoms. The van der Waals surface area contributed by atoms with Gasteiger partial charge in [0.25, 0.3) is 5.91 Å². The lowest BCUT2D eigenvalue weighted by molar-refractivity contribution is -0.123. The number of rotatable bonds is 3. The number of pyridine rings is 1. The van der Waals surface area contributed by atoms with Crippen LogP contribution in [0.3, 0.4) is 0 Å². The van der Waals surface area contributed by atoms with Gasteiger partial charge in [0.05, 0.1) is 0 Å². The number of primary amides is 1. The molecule has 0 radical (unpaired) electrons. The lowest BCUT2D eigenvalue weighted by atomic mass is 9.96. The van der Waals surface area contributed by atoms with Gasteiger partial charge in [-0.1, -0.05) is 24.3 Å². The van der Waals surface area contributed by atoms with Crippen LogP contribution in [0.15, 0.2) is 42.5 Å². The number of para-hydroxylation sites is 1. The van der Waals surface area contributed by atoms with Crippen LogP contribution in [0.2, 0.25) is 0 Å². The molecule has 1 fully saturated rings. The Labute approximate surface area is 152 Å². The number of hydrogen-bond donors (Lipinski definition) is 1. The third kappa shape index (κ3) is 3.03. The number of likely N-dealkylation sites (tertiary alicyclic amines) is 1. The Bertz CT molecular complexity index is 843. The number of nitrogens with two attached hydrogens (primary N) is 1. The first-order valence-corrected chi connectivity index (χ1v) is 9.04. The van der Waals surface area contributed by atoms with Gasteiger partial charge in [0.2, 0.25) is 5.91 Å². The molecule has 2 N–H and O–H groups in total. The van der Waals surface area contributed by atoms with Crippen molar-refractivity contribution >= 4 is 23.3 Å². The molecule has 0 unspecified atom stereocenters. The highest BCUT2D eigenvalue weighted by atomic mass is 16.2. The van der Waals surface area contributed by atoms with E-state index in [1.165, 1.54) is 5.56 Å². The molecule has 0 atom stereocenters. The molecule has 0 aliphatic carbocycles. The summed E-state index contributed by atoms with van der Waals surface area (Å²) < 4.78 is 0. The van der Waals surface area contributed by atoms with Gasteiger partial charge in [0.1, 0.15) is 11.5 Å². The topological polar surface area (TPSA) is 79.5 Å². The number of aromatic nitrogens is 1. The van der Waals surface area contributed by atoms with Gasteiger partial charge in [-0.2, -0.15) is 0 Å². The maximum atomic E-state index is 12.8. The Morgan fingerprint density at radius 3 is 2.54 bits per heavy atom. The highest BCUT2D eigenvalue weighted by Gasteiger charge is 2.28. The van der Waals surface area contributed by atoms with Crippen molar-refractivity contribution in [2.24, 2.45) is 11.7 Å². The first kappa shape index (κ1) is 16.6. The third-order valence-corrected chi connectivity index (χ3v) is 5.30. The highest BCUT2D eigenvalue weighted by molar-refractivity contribution is 5.93. The average molecular weight is 350 g/mol. The van der Waals surface area contributed by atoms with Gasteiger partial charge in [0.15, 0.2) is 0 Å². The van der Waals surface area contributed by atoms with Crippen LogP contribution in [0, 0.1) is 5.92 Å². The van der Waals surface area contributed by atoms with E-state index in [0.717, 1.165) is 24.5 Å². The Hall–Kier alpha value is -2.89. The van der Waals surface area contributed by atoms with E-state index < -0.39 is 0 Å². The van der Waals surface area contributed by atoms with Crippen molar-refractivity contribution in [1.82, 2.24) is 9.88 Å². The van der Waals surface area contributed by atoms with Gasteiger partial charge in [-0.3, -0.25) is 9.59 Å². The number of nitrogens with zero attached hydrogens (tertiary/aromatic N) is 3. The molecule has 2 aliphatic heterocycles. The summed E-state index contributed by atoms with van der Waals surface area (Å²) in [5.74, 6) is 0.319. The number of carbonyl (C=O) groups excluding carboxylic acids is 2. The summed E-state index contributed by atoms with van der Waals surface area (Å²) in [6.45, 7) is 1.96. The Kier molecular flexibility index (Phi) is 4.32. The quantitative estimate of drug-likeness (QED) is 0.919. The number of fused-ring (bicyclic) bond motifs is 1. The first-order valence-electron chi connectivity index (χ1n) is 9.04. The normalized spacial score (nSPS) is 17.2. The van der Waals surface area contributed by atoms with Crippen LogP contribution >= 0.6 is 0 Å². The molecular formula is C20H22N4O2. The molecule has 6 heteroatoms. The maximum absolute atomic E-state index is 12.8. The standard InChI is InChI=1S/C20H22N4O2/c21-19(25)15-8-11-23(12-9-15)20(26)16-5-3-7-18(22-16)24-13-10-14-4-1-2-6-17(14)24/h1-7,15H,8-13H2,(H2,21,25). The average Bonchev–Trinajstić information content (AvgIpc) is 3.12. The summed E-state index contributed by atoms with van der Waals surface area (Å²) in [4.78, 5) is 32.7. The van der Waals surface area contributed by atoms with Crippen LogP contribution < -0.4 is 10.6 Å². The van der Waals surface area contributed by atoms with E-state index in [2.05, 4.69) is 22.0 Å². The fourth-order valence-corrected chi connectivity index (χ4v) is 3.80. The van der Waals surface area contributed by atoms with Crippen LogP contribution in [0.4, 0.5) is 11.5 Å². The molecule has 0 bridgehead atoms. The molecule has 0 spiro atoms. The molecule has 2 aliphatic rings. The molecular weight excluding hydrogens is 328 g/mol. The van der Waals surface area contributed by atoms with Gasteiger partial charge in [-0.25, -0.2) is 4.98 Å². The van der Waals surface area contributed by atoms with Crippen LogP contribution in [0.5, 0.6) is 0 Å². The molecule has 1 aromatic heterocycles. The predicted octanol–water partition coefficient (Wildman–Crippen LogP) is 2.11. The molecule has 1 saturated heterocycles. The fraction of sp³-hybridized carbons (Fsp3) is 0.350. The number of amides is 2. The zero-order valence-corrected chi connectivity index (χ0v) is 14.6. The molecule has 1 aromatic carbocycles. The third-order valence-electron chi connectivity index (χ3n) is 5.30. The van der Waals surface area contributed by atoms with Crippen LogP contribution in [-0.2, 0) is 11.2 Å². The zero-order chi connectivity index (χ0) is 18.1. The molecule has 3 heterocycles. The molecule has 0 saturated carbocycles. The number of anilines is 2. The van der Waals surface area contributed by atoms with E-state index in [1.54, 1.807) is 11.0 Å². The summed E-state index contributed by atoms with van der Waals surface area (Å²) in [6, 6.07) is 13.9. The zero-order valence-electron chi connectivity index (χ0n) is 14.6. The van der Waals surface area contributed by atoms with Gasteiger partial charge < -0.3 is 15.5 Å². The van der Waals surface area contributed by atoms with Crippen molar-refractivity contribution in [2.45, 2.75) is 19.3 Å².